The van der Waals surface area contributed by atoms with Crippen LogP contribution in [0.3, 0.4) is 0 Å². The molecular formula is C27H35FN4O5. The predicted molar refractivity (Wildman–Crippen MR) is 138 cm³/mol. The van der Waals surface area contributed by atoms with Crippen molar-refractivity contribution in [3.63, 3.8) is 0 Å². The van der Waals surface area contributed by atoms with Gasteiger partial charge in [-0.15, -0.1) is 0 Å². The largest absolute Gasteiger partial charge is 0.497 e. The molecule has 37 heavy (non-hydrogen) atoms. The Bertz CT molecular complexity index is 1150. The quantitative estimate of drug-likeness (QED) is 0.547. The molecule has 200 valence electrons. The lowest BCUT2D eigenvalue weighted by molar-refractivity contribution is -0.133. The molecule has 3 amide bonds. The Morgan fingerprint density at radius 3 is 2.49 bits per heavy atom. The Labute approximate surface area is 217 Å². The number of nitrogens with zero attached hydrogens (tertiary/aromatic N) is 3. The summed E-state index contributed by atoms with van der Waals surface area (Å²) in [6.07, 6.45) is 0.265. The average molecular weight is 515 g/mol. The monoisotopic (exact) mass is 514 g/mol. The van der Waals surface area contributed by atoms with E-state index in [-0.39, 0.29) is 26.1 Å². The van der Waals surface area contributed by atoms with Gasteiger partial charge in [-0.2, -0.15) is 5.10 Å². The molecule has 1 atom stereocenters. The molecule has 10 heteroatoms. The summed E-state index contributed by atoms with van der Waals surface area (Å²) in [5.41, 5.74) is 1.07. The molecule has 0 saturated heterocycles. The normalized spacial score (nSPS) is 15.3. The van der Waals surface area contributed by atoms with Gasteiger partial charge in [0.1, 0.15) is 23.9 Å². The minimum atomic E-state index is -0.689. The summed E-state index contributed by atoms with van der Waals surface area (Å²) in [5, 5.41) is 8.75. The zero-order chi connectivity index (χ0) is 27.2. The lowest BCUT2D eigenvalue weighted by Crippen LogP contribution is -2.52. The van der Waals surface area contributed by atoms with E-state index in [0.717, 1.165) is 0 Å². The van der Waals surface area contributed by atoms with E-state index in [4.69, 9.17) is 14.2 Å². The minimum Gasteiger partial charge on any atom is -0.497 e. The van der Waals surface area contributed by atoms with Crippen LogP contribution in [0.15, 0.2) is 47.6 Å². The first-order chi connectivity index (χ1) is 17.6. The first-order valence-corrected chi connectivity index (χ1v) is 12.0. The number of methoxy groups -OCH3 is 3. The molecular weight excluding hydrogens is 479 g/mol. The van der Waals surface area contributed by atoms with Gasteiger partial charge in [0.15, 0.2) is 0 Å². The summed E-state index contributed by atoms with van der Waals surface area (Å²) in [5.74, 6) is 0.239. The van der Waals surface area contributed by atoms with Crippen LogP contribution in [0.2, 0.25) is 0 Å². The molecule has 2 aromatic rings. The van der Waals surface area contributed by atoms with Crippen molar-refractivity contribution in [1.29, 1.82) is 0 Å². The molecule has 0 radical (unpaired) electrons. The molecule has 3 rings (SSSR count). The topological polar surface area (TPSA) is 92.7 Å². The molecule has 0 fully saturated rings. The fraction of sp³-hybridized carbons (Fsp3) is 0.444. The Balaban J connectivity index is 1.97. The maximum Gasteiger partial charge on any atom is 0.318 e. The van der Waals surface area contributed by atoms with Gasteiger partial charge in [-0.1, -0.05) is 18.2 Å². The van der Waals surface area contributed by atoms with E-state index in [0.29, 0.717) is 28.3 Å². The van der Waals surface area contributed by atoms with Gasteiger partial charge in [-0.3, -0.25) is 4.79 Å². The first kappa shape index (κ1) is 27.9. The lowest BCUT2D eigenvalue weighted by Gasteiger charge is -2.30. The Hall–Kier alpha value is -3.66. The fourth-order valence-electron chi connectivity index (χ4n) is 4.02. The number of rotatable bonds is 9. The Morgan fingerprint density at radius 2 is 1.86 bits per heavy atom. The van der Waals surface area contributed by atoms with Crippen LogP contribution in [0.25, 0.3) is 0 Å². The second kappa shape index (κ2) is 12.1. The number of halogens is 1. The zero-order valence-corrected chi connectivity index (χ0v) is 22.2. The molecule has 1 aliphatic heterocycles. The van der Waals surface area contributed by atoms with Gasteiger partial charge in [-0.25, -0.2) is 14.2 Å². The van der Waals surface area contributed by atoms with Gasteiger partial charge in [0.2, 0.25) is 0 Å². The van der Waals surface area contributed by atoms with Gasteiger partial charge in [0.05, 0.1) is 32.6 Å². The minimum absolute atomic E-state index is 0.200. The summed E-state index contributed by atoms with van der Waals surface area (Å²) in [7, 11) is 4.61. The number of hydrogen-bond acceptors (Lipinski definition) is 6. The third-order valence-electron chi connectivity index (χ3n) is 5.81. The maximum atomic E-state index is 14.9. The van der Waals surface area contributed by atoms with Crippen molar-refractivity contribution in [1.82, 2.24) is 15.2 Å². The highest BCUT2D eigenvalue weighted by atomic mass is 19.1. The molecule has 0 unspecified atom stereocenters. The van der Waals surface area contributed by atoms with Crippen molar-refractivity contribution in [2.75, 3.05) is 41.0 Å². The summed E-state index contributed by atoms with van der Waals surface area (Å²) in [4.78, 5) is 27.9. The number of hydrazone groups is 1. The highest BCUT2D eigenvalue weighted by Gasteiger charge is 2.36. The number of urea groups is 1. The van der Waals surface area contributed by atoms with E-state index in [1.54, 1.807) is 43.5 Å². The SMILES string of the molecule is COCCN(CC(=O)N1N=C(c2ccc(OC)cc2OC)C[C@H]1c1ccccc1F)C(=O)NC(C)(C)C. The van der Waals surface area contributed by atoms with Crippen LogP contribution >= 0.6 is 0 Å². The van der Waals surface area contributed by atoms with Crippen LogP contribution in [0, 0.1) is 5.82 Å². The van der Waals surface area contributed by atoms with E-state index in [9.17, 15) is 14.0 Å². The second-order valence-corrected chi connectivity index (χ2v) is 9.69. The van der Waals surface area contributed by atoms with Gasteiger partial charge >= 0.3 is 6.03 Å². The summed E-state index contributed by atoms with van der Waals surface area (Å²) < 4.78 is 30.8. The lowest BCUT2D eigenvalue weighted by atomic mass is 9.97. The van der Waals surface area contributed by atoms with Crippen molar-refractivity contribution >= 4 is 17.6 Å². The Kier molecular flexibility index (Phi) is 9.09. The number of carbonyl (C=O) groups excluding carboxylic acids is 2. The van der Waals surface area contributed by atoms with Gasteiger partial charge in [0, 0.05) is 42.8 Å². The van der Waals surface area contributed by atoms with Crippen molar-refractivity contribution in [3.8, 4) is 11.5 Å². The number of ether oxygens (including phenoxy) is 3. The van der Waals surface area contributed by atoms with Crippen LogP contribution in [-0.2, 0) is 9.53 Å². The first-order valence-electron chi connectivity index (χ1n) is 12.0. The van der Waals surface area contributed by atoms with Crippen molar-refractivity contribution in [3.05, 3.63) is 59.4 Å². The van der Waals surface area contributed by atoms with Gasteiger partial charge < -0.3 is 24.4 Å². The molecule has 1 heterocycles. The smallest absolute Gasteiger partial charge is 0.318 e. The van der Waals surface area contributed by atoms with Crippen molar-refractivity contribution in [2.45, 2.75) is 38.8 Å². The van der Waals surface area contributed by atoms with Crippen molar-refractivity contribution in [2.24, 2.45) is 5.10 Å². The molecule has 0 saturated carbocycles. The van der Waals surface area contributed by atoms with Crippen LogP contribution in [0.1, 0.15) is 44.4 Å². The molecule has 2 aromatic carbocycles. The number of nitrogens with one attached hydrogen (secondary N) is 1. The van der Waals surface area contributed by atoms with Gasteiger partial charge in [-0.05, 0) is 39.0 Å². The van der Waals surface area contributed by atoms with Crippen molar-refractivity contribution < 1.29 is 28.2 Å². The standard InChI is InChI=1S/C27H35FN4O5/c1-27(2,3)29-26(34)31(13-14-35-4)17-25(33)32-23(19-9-7-8-10-21(19)28)16-22(30-32)20-12-11-18(36-5)15-24(20)37-6/h7-12,15,23H,13-14,16-17H2,1-6H3,(H,29,34)/t23-/m0/s1. The molecule has 9 nitrogen and oxygen atoms in total. The van der Waals surface area contributed by atoms with Crippen LogP contribution in [-0.4, -0.2) is 74.1 Å². The number of amides is 3. The van der Waals surface area contributed by atoms with E-state index in [1.165, 1.54) is 30.2 Å². The second-order valence-electron chi connectivity index (χ2n) is 9.69. The highest BCUT2D eigenvalue weighted by Crippen LogP contribution is 2.37. The molecule has 0 bridgehead atoms. The molecule has 0 aromatic heterocycles. The summed E-state index contributed by atoms with van der Waals surface area (Å²) in [6.45, 7) is 5.76. The van der Waals surface area contributed by atoms with E-state index >= 15 is 0 Å². The average Bonchev–Trinajstić information content (AvgIpc) is 3.30. The summed E-state index contributed by atoms with van der Waals surface area (Å²) >= 11 is 0. The fourth-order valence-corrected chi connectivity index (χ4v) is 4.02. The maximum absolute atomic E-state index is 14.9. The number of hydrogen-bond donors (Lipinski definition) is 1. The molecule has 0 aliphatic carbocycles. The third-order valence-corrected chi connectivity index (χ3v) is 5.81. The zero-order valence-electron chi connectivity index (χ0n) is 22.2. The van der Waals surface area contributed by atoms with E-state index in [2.05, 4.69) is 10.4 Å². The van der Waals surface area contributed by atoms with Crippen LogP contribution < -0.4 is 14.8 Å². The van der Waals surface area contributed by atoms with Gasteiger partial charge in [0.25, 0.3) is 5.91 Å². The third kappa shape index (κ3) is 6.97. The van der Waals surface area contributed by atoms with Crippen LogP contribution in [0.5, 0.6) is 11.5 Å². The van der Waals surface area contributed by atoms with E-state index < -0.39 is 29.3 Å². The number of carbonyl (C=O) groups is 2. The van der Waals surface area contributed by atoms with E-state index in [1.807, 2.05) is 20.8 Å². The molecule has 1 N–H and O–H groups in total. The predicted octanol–water partition coefficient (Wildman–Crippen LogP) is 3.98. The summed E-state index contributed by atoms with van der Waals surface area (Å²) in [6, 6.07) is 10.5. The Morgan fingerprint density at radius 1 is 1.14 bits per heavy atom. The number of benzene rings is 2. The molecule has 0 spiro atoms. The highest BCUT2D eigenvalue weighted by molar-refractivity contribution is 6.05. The van der Waals surface area contributed by atoms with Crippen LogP contribution in [0.4, 0.5) is 9.18 Å². The molecule has 1 aliphatic rings.